The van der Waals surface area contributed by atoms with E-state index >= 15 is 0 Å². The zero-order valence-corrected chi connectivity index (χ0v) is 10.7. The van der Waals surface area contributed by atoms with Crippen molar-refractivity contribution >= 4 is 21.6 Å². The Kier molecular flexibility index (Phi) is 3.11. The molecule has 0 saturated heterocycles. The SMILES string of the molecule is COc1c(CCO)c(C)nc2c(Br)cnn12. The van der Waals surface area contributed by atoms with E-state index in [-0.39, 0.29) is 6.61 Å². The summed E-state index contributed by atoms with van der Waals surface area (Å²) in [5.74, 6) is 0.627. The van der Waals surface area contributed by atoms with Gasteiger partial charge in [0.15, 0.2) is 5.65 Å². The predicted molar refractivity (Wildman–Crippen MR) is 62.8 cm³/mol. The van der Waals surface area contributed by atoms with Crippen molar-refractivity contribution < 1.29 is 9.84 Å². The van der Waals surface area contributed by atoms with E-state index in [1.54, 1.807) is 17.8 Å². The minimum Gasteiger partial charge on any atom is -0.481 e. The van der Waals surface area contributed by atoms with Crippen LogP contribution in [0.3, 0.4) is 0 Å². The quantitative estimate of drug-likeness (QED) is 0.925. The number of halogens is 1. The molecule has 0 fully saturated rings. The zero-order chi connectivity index (χ0) is 11.7. The Morgan fingerprint density at radius 3 is 2.94 bits per heavy atom. The lowest BCUT2D eigenvalue weighted by Gasteiger charge is -2.11. The number of hydrogen-bond acceptors (Lipinski definition) is 4. The van der Waals surface area contributed by atoms with Crippen molar-refractivity contribution in [2.24, 2.45) is 0 Å². The van der Waals surface area contributed by atoms with Gasteiger partial charge in [-0.1, -0.05) is 0 Å². The summed E-state index contributed by atoms with van der Waals surface area (Å²) in [6, 6.07) is 0. The summed E-state index contributed by atoms with van der Waals surface area (Å²) in [7, 11) is 1.59. The molecular formula is C10H12BrN3O2. The fraction of sp³-hybridized carbons (Fsp3) is 0.400. The van der Waals surface area contributed by atoms with Gasteiger partial charge in [-0.15, -0.1) is 0 Å². The Morgan fingerprint density at radius 2 is 2.31 bits per heavy atom. The standard InChI is InChI=1S/C10H12BrN3O2/c1-6-7(3-4-15)10(16-2)14-9(13-6)8(11)5-12-14/h5,15H,3-4H2,1-2H3. The number of rotatable bonds is 3. The number of fused-ring (bicyclic) bond motifs is 1. The molecule has 0 atom stereocenters. The van der Waals surface area contributed by atoms with Crippen LogP contribution < -0.4 is 4.74 Å². The van der Waals surface area contributed by atoms with Crippen molar-refractivity contribution in [2.45, 2.75) is 13.3 Å². The molecule has 16 heavy (non-hydrogen) atoms. The van der Waals surface area contributed by atoms with E-state index < -0.39 is 0 Å². The van der Waals surface area contributed by atoms with Crippen LogP contribution in [0.5, 0.6) is 5.88 Å². The molecule has 5 nitrogen and oxygen atoms in total. The molecule has 0 aliphatic heterocycles. The van der Waals surface area contributed by atoms with Crippen LogP contribution >= 0.6 is 15.9 Å². The molecule has 2 heterocycles. The predicted octanol–water partition coefficient (Wildman–Crippen LogP) is 1.34. The Balaban J connectivity index is 2.75. The lowest BCUT2D eigenvalue weighted by atomic mass is 10.2. The molecule has 0 amide bonds. The first-order valence-corrected chi connectivity index (χ1v) is 5.66. The number of hydrogen-bond donors (Lipinski definition) is 1. The highest BCUT2D eigenvalue weighted by molar-refractivity contribution is 9.10. The van der Waals surface area contributed by atoms with Gasteiger partial charge in [-0.05, 0) is 22.9 Å². The van der Waals surface area contributed by atoms with Crippen LogP contribution in [-0.2, 0) is 6.42 Å². The summed E-state index contributed by atoms with van der Waals surface area (Å²) >= 11 is 3.38. The molecule has 6 heteroatoms. The van der Waals surface area contributed by atoms with Crippen LogP contribution in [0, 0.1) is 6.92 Å². The molecule has 0 bridgehead atoms. The Morgan fingerprint density at radius 1 is 1.56 bits per heavy atom. The third-order valence-electron chi connectivity index (χ3n) is 2.42. The van der Waals surface area contributed by atoms with Crippen LogP contribution in [0.1, 0.15) is 11.3 Å². The number of ether oxygens (including phenoxy) is 1. The van der Waals surface area contributed by atoms with Gasteiger partial charge in [-0.3, -0.25) is 0 Å². The lowest BCUT2D eigenvalue weighted by molar-refractivity contribution is 0.294. The molecule has 2 aromatic heterocycles. The summed E-state index contributed by atoms with van der Waals surface area (Å²) < 4.78 is 7.78. The number of aryl methyl sites for hydroxylation is 1. The Hall–Kier alpha value is -1.14. The first-order chi connectivity index (χ1) is 7.69. The number of methoxy groups -OCH3 is 1. The van der Waals surface area contributed by atoms with Crippen LogP contribution in [0.4, 0.5) is 0 Å². The van der Waals surface area contributed by atoms with E-state index in [1.807, 2.05) is 6.92 Å². The molecule has 0 radical (unpaired) electrons. The second-order valence-electron chi connectivity index (χ2n) is 3.39. The zero-order valence-electron chi connectivity index (χ0n) is 9.07. The number of aromatic nitrogens is 3. The molecule has 0 unspecified atom stereocenters. The topological polar surface area (TPSA) is 59.7 Å². The monoisotopic (exact) mass is 285 g/mol. The second kappa shape index (κ2) is 4.39. The number of nitrogens with zero attached hydrogens (tertiary/aromatic N) is 3. The summed E-state index contributed by atoms with van der Waals surface area (Å²) in [5, 5.41) is 13.2. The summed E-state index contributed by atoms with van der Waals surface area (Å²) in [5.41, 5.74) is 2.45. The van der Waals surface area contributed by atoms with Crippen LogP contribution in [0.15, 0.2) is 10.7 Å². The molecule has 2 aromatic rings. The van der Waals surface area contributed by atoms with Crippen LogP contribution in [-0.4, -0.2) is 33.4 Å². The Labute approximate surface area is 101 Å². The highest BCUT2D eigenvalue weighted by atomic mass is 79.9. The first-order valence-electron chi connectivity index (χ1n) is 4.86. The van der Waals surface area contributed by atoms with E-state index in [0.29, 0.717) is 12.3 Å². The number of aliphatic hydroxyl groups is 1. The molecular weight excluding hydrogens is 274 g/mol. The lowest BCUT2D eigenvalue weighted by Crippen LogP contribution is -2.07. The van der Waals surface area contributed by atoms with Gasteiger partial charge in [-0.2, -0.15) is 9.61 Å². The summed E-state index contributed by atoms with van der Waals surface area (Å²) in [6.45, 7) is 1.96. The fourth-order valence-corrected chi connectivity index (χ4v) is 2.04. The average Bonchev–Trinajstić information content (AvgIpc) is 2.62. The molecule has 2 rings (SSSR count). The molecule has 86 valence electrons. The van der Waals surface area contributed by atoms with Gasteiger partial charge in [0.25, 0.3) is 0 Å². The number of aliphatic hydroxyl groups excluding tert-OH is 1. The summed E-state index contributed by atoms with van der Waals surface area (Å²) in [4.78, 5) is 4.42. The summed E-state index contributed by atoms with van der Waals surface area (Å²) in [6.07, 6.45) is 2.18. The highest BCUT2D eigenvalue weighted by Crippen LogP contribution is 2.26. The average molecular weight is 286 g/mol. The van der Waals surface area contributed by atoms with Gasteiger partial charge in [-0.25, -0.2) is 4.98 Å². The third-order valence-corrected chi connectivity index (χ3v) is 2.98. The molecule has 1 N–H and O–H groups in total. The maximum atomic E-state index is 9.02. The first kappa shape index (κ1) is 11.3. The van der Waals surface area contributed by atoms with E-state index in [0.717, 1.165) is 21.4 Å². The fourth-order valence-electron chi connectivity index (χ4n) is 1.69. The van der Waals surface area contributed by atoms with Crippen LogP contribution in [0.2, 0.25) is 0 Å². The normalized spacial score (nSPS) is 11.0. The van der Waals surface area contributed by atoms with Gasteiger partial charge >= 0.3 is 0 Å². The van der Waals surface area contributed by atoms with Gasteiger partial charge in [0.2, 0.25) is 5.88 Å². The minimum atomic E-state index is 0.0623. The van der Waals surface area contributed by atoms with E-state index in [1.165, 1.54) is 0 Å². The van der Waals surface area contributed by atoms with Crippen molar-refractivity contribution in [1.29, 1.82) is 0 Å². The smallest absolute Gasteiger partial charge is 0.221 e. The molecule has 0 spiro atoms. The van der Waals surface area contributed by atoms with Crippen molar-refractivity contribution in [1.82, 2.24) is 14.6 Å². The van der Waals surface area contributed by atoms with Crippen LogP contribution in [0.25, 0.3) is 5.65 Å². The van der Waals surface area contributed by atoms with Crippen molar-refractivity contribution in [2.75, 3.05) is 13.7 Å². The maximum Gasteiger partial charge on any atom is 0.221 e. The van der Waals surface area contributed by atoms with E-state index in [4.69, 9.17) is 9.84 Å². The van der Waals surface area contributed by atoms with Gasteiger partial charge in [0, 0.05) is 24.3 Å². The minimum absolute atomic E-state index is 0.0623. The second-order valence-corrected chi connectivity index (χ2v) is 4.24. The maximum absolute atomic E-state index is 9.02. The van der Waals surface area contributed by atoms with E-state index in [9.17, 15) is 0 Å². The molecule has 0 aromatic carbocycles. The van der Waals surface area contributed by atoms with Crippen molar-refractivity contribution in [3.8, 4) is 5.88 Å². The Bertz CT molecular complexity index is 524. The largest absolute Gasteiger partial charge is 0.481 e. The van der Waals surface area contributed by atoms with Gasteiger partial charge in [0.1, 0.15) is 0 Å². The van der Waals surface area contributed by atoms with E-state index in [2.05, 4.69) is 26.0 Å². The highest BCUT2D eigenvalue weighted by Gasteiger charge is 2.15. The van der Waals surface area contributed by atoms with Crippen molar-refractivity contribution in [3.05, 3.63) is 21.9 Å². The molecule has 0 saturated carbocycles. The van der Waals surface area contributed by atoms with Gasteiger partial charge in [0.05, 0.1) is 17.8 Å². The van der Waals surface area contributed by atoms with Crippen molar-refractivity contribution in [3.63, 3.8) is 0 Å². The molecule has 0 aliphatic carbocycles. The van der Waals surface area contributed by atoms with Gasteiger partial charge < -0.3 is 9.84 Å². The third kappa shape index (κ3) is 1.68. The molecule has 0 aliphatic rings.